The molecule has 6 aromatic carbocycles. The summed E-state index contributed by atoms with van der Waals surface area (Å²) in [6.07, 6.45) is 0.879. The highest BCUT2D eigenvalue weighted by Crippen LogP contribution is 2.49. The summed E-state index contributed by atoms with van der Waals surface area (Å²) < 4.78 is 12.9. The number of fused-ring (bicyclic) bond motifs is 3. The molecule has 1 aliphatic rings. The van der Waals surface area contributed by atoms with Crippen molar-refractivity contribution in [3.63, 3.8) is 0 Å². The summed E-state index contributed by atoms with van der Waals surface area (Å²) in [4.78, 5) is 0. The van der Waals surface area contributed by atoms with Gasteiger partial charge in [-0.2, -0.15) is 0 Å². The number of anilines is 2. The van der Waals surface area contributed by atoms with E-state index in [1.54, 1.807) is 0 Å². The van der Waals surface area contributed by atoms with E-state index in [-0.39, 0.29) is 10.8 Å². The van der Waals surface area contributed by atoms with E-state index in [9.17, 15) is 0 Å². The minimum absolute atomic E-state index is 0.169. The van der Waals surface area contributed by atoms with Crippen LogP contribution in [0, 0.1) is 0 Å². The Labute approximate surface area is 290 Å². The van der Waals surface area contributed by atoms with Gasteiger partial charge in [0.05, 0.1) is 0 Å². The second kappa shape index (κ2) is 12.2. The molecule has 0 radical (unpaired) electrons. The Morgan fingerprint density at radius 2 is 1.02 bits per heavy atom. The van der Waals surface area contributed by atoms with Crippen LogP contribution in [0.5, 0.6) is 23.0 Å². The maximum Gasteiger partial charge on any atom is 0.131 e. The Morgan fingerprint density at radius 1 is 0.490 bits per heavy atom. The molecule has 0 amide bonds. The Balaban J connectivity index is 1.41. The van der Waals surface area contributed by atoms with Crippen molar-refractivity contribution in [3.8, 4) is 56.4 Å². The summed E-state index contributed by atoms with van der Waals surface area (Å²) in [5, 5.41) is 0. The highest BCUT2D eigenvalue weighted by atomic mass is 16.5. The van der Waals surface area contributed by atoms with Crippen molar-refractivity contribution < 1.29 is 9.47 Å². The molecule has 0 aromatic heterocycles. The van der Waals surface area contributed by atoms with E-state index < -0.39 is 0 Å². The molecule has 49 heavy (non-hydrogen) atoms. The van der Waals surface area contributed by atoms with Gasteiger partial charge in [-0.25, -0.2) is 0 Å². The fourth-order valence-electron chi connectivity index (χ4n) is 6.92. The maximum atomic E-state index is 6.49. The number of ether oxygens (including phenoxy) is 2. The van der Waals surface area contributed by atoms with Crippen LogP contribution < -0.4 is 20.9 Å². The number of rotatable bonds is 6. The SMILES string of the molecule is CC(C)(C)c1cc(-c2ccc3c(c2-c2ccc(Oc4cccc(N)c4)c(C(C)(C)C)c2)Cc2ccccc2-3)ccc1Oc1cccc(N)c1. The fraction of sp³-hybridized carbons (Fsp3) is 0.200. The molecular formula is C45H44N2O2. The van der Waals surface area contributed by atoms with Crippen LogP contribution in [-0.2, 0) is 17.3 Å². The first-order valence-corrected chi connectivity index (χ1v) is 17.0. The molecule has 4 heteroatoms. The zero-order valence-corrected chi connectivity index (χ0v) is 29.2. The quantitative estimate of drug-likeness (QED) is 0.177. The average molecular weight is 645 g/mol. The lowest BCUT2D eigenvalue weighted by atomic mass is 9.81. The predicted molar refractivity (Wildman–Crippen MR) is 205 cm³/mol. The second-order valence-electron chi connectivity index (χ2n) is 15.1. The Hall–Kier alpha value is -5.48. The van der Waals surface area contributed by atoms with Crippen molar-refractivity contribution in [2.24, 2.45) is 0 Å². The van der Waals surface area contributed by atoms with Gasteiger partial charge >= 0.3 is 0 Å². The summed E-state index contributed by atoms with van der Waals surface area (Å²) >= 11 is 0. The van der Waals surface area contributed by atoms with Gasteiger partial charge in [-0.05, 0) is 110 Å². The lowest BCUT2D eigenvalue weighted by Crippen LogP contribution is -2.13. The van der Waals surface area contributed by atoms with Gasteiger partial charge in [0.15, 0.2) is 0 Å². The minimum atomic E-state index is -0.175. The molecule has 6 aromatic rings. The topological polar surface area (TPSA) is 70.5 Å². The summed E-state index contributed by atoms with van der Waals surface area (Å²) in [6.45, 7) is 13.4. The van der Waals surface area contributed by atoms with Crippen LogP contribution in [0.4, 0.5) is 11.4 Å². The van der Waals surface area contributed by atoms with Crippen LogP contribution in [0.3, 0.4) is 0 Å². The van der Waals surface area contributed by atoms with Gasteiger partial charge in [-0.3, -0.25) is 0 Å². The van der Waals surface area contributed by atoms with Gasteiger partial charge < -0.3 is 20.9 Å². The van der Waals surface area contributed by atoms with Crippen LogP contribution >= 0.6 is 0 Å². The molecular weight excluding hydrogens is 601 g/mol. The molecule has 0 unspecified atom stereocenters. The Bertz CT molecular complexity index is 2200. The number of nitrogens with two attached hydrogens (primary N) is 2. The monoisotopic (exact) mass is 644 g/mol. The van der Waals surface area contributed by atoms with Crippen LogP contribution in [0.1, 0.15) is 63.8 Å². The maximum absolute atomic E-state index is 6.49. The molecule has 0 spiro atoms. The molecule has 7 rings (SSSR count). The lowest BCUT2D eigenvalue weighted by molar-refractivity contribution is 0.455. The Kier molecular flexibility index (Phi) is 7.99. The molecule has 4 nitrogen and oxygen atoms in total. The van der Waals surface area contributed by atoms with E-state index in [0.717, 1.165) is 46.1 Å². The van der Waals surface area contributed by atoms with Gasteiger partial charge in [0.2, 0.25) is 0 Å². The van der Waals surface area contributed by atoms with Gasteiger partial charge in [0.25, 0.3) is 0 Å². The van der Waals surface area contributed by atoms with Gasteiger partial charge in [0.1, 0.15) is 23.0 Å². The number of hydrogen-bond donors (Lipinski definition) is 2. The van der Waals surface area contributed by atoms with Crippen molar-refractivity contribution in [1.29, 1.82) is 0 Å². The number of nitrogen functional groups attached to an aromatic ring is 2. The normalized spacial score (nSPS) is 12.4. The molecule has 0 heterocycles. The molecule has 0 bridgehead atoms. The number of hydrogen-bond acceptors (Lipinski definition) is 4. The van der Waals surface area contributed by atoms with Crippen molar-refractivity contribution in [1.82, 2.24) is 0 Å². The lowest BCUT2D eigenvalue weighted by Gasteiger charge is -2.26. The molecule has 0 aliphatic heterocycles. The third kappa shape index (κ3) is 6.39. The average Bonchev–Trinajstić information content (AvgIpc) is 3.43. The van der Waals surface area contributed by atoms with E-state index in [0.29, 0.717) is 11.4 Å². The van der Waals surface area contributed by atoms with Gasteiger partial charge in [-0.15, -0.1) is 0 Å². The predicted octanol–water partition coefficient (Wildman–Crippen LogP) is 11.9. The third-order valence-corrected chi connectivity index (χ3v) is 9.33. The van der Waals surface area contributed by atoms with Crippen LogP contribution in [-0.4, -0.2) is 0 Å². The first kappa shape index (κ1) is 32.1. The van der Waals surface area contributed by atoms with Crippen molar-refractivity contribution in [2.75, 3.05) is 11.5 Å². The van der Waals surface area contributed by atoms with Gasteiger partial charge in [-0.1, -0.05) is 102 Å². The Morgan fingerprint density at radius 3 is 1.59 bits per heavy atom. The second-order valence-corrected chi connectivity index (χ2v) is 15.1. The third-order valence-electron chi connectivity index (χ3n) is 9.33. The standard InChI is InChI=1S/C45H44N2O2/c1-44(2,3)39-24-29(17-21-41(39)48-33-14-9-12-31(46)26-33)36-19-20-37-35-16-8-7-11-28(35)23-38(37)43(36)30-18-22-42(40(25-30)45(4,5)6)49-34-15-10-13-32(47)27-34/h7-22,24-27H,23,46-47H2,1-6H3. The van der Waals surface area contributed by atoms with Crippen molar-refractivity contribution in [2.45, 2.75) is 58.8 Å². The van der Waals surface area contributed by atoms with Crippen LogP contribution in [0.2, 0.25) is 0 Å². The molecule has 0 fully saturated rings. The van der Waals surface area contributed by atoms with Crippen LogP contribution in [0.25, 0.3) is 33.4 Å². The molecule has 0 saturated carbocycles. The summed E-state index contributed by atoms with van der Waals surface area (Å²) in [5.41, 5.74) is 25.5. The molecule has 0 atom stereocenters. The first-order chi connectivity index (χ1) is 23.3. The molecule has 0 saturated heterocycles. The minimum Gasteiger partial charge on any atom is -0.457 e. The zero-order valence-electron chi connectivity index (χ0n) is 29.2. The largest absolute Gasteiger partial charge is 0.457 e. The van der Waals surface area contributed by atoms with E-state index in [1.165, 1.54) is 38.9 Å². The van der Waals surface area contributed by atoms with Gasteiger partial charge in [0, 0.05) is 34.6 Å². The summed E-state index contributed by atoms with van der Waals surface area (Å²) in [5.74, 6) is 3.11. The summed E-state index contributed by atoms with van der Waals surface area (Å²) in [7, 11) is 0. The first-order valence-electron chi connectivity index (χ1n) is 17.0. The zero-order chi connectivity index (χ0) is 34.5. The highest BCUT2D eigenvalue weighted by molar-refractivity contribution is 5.94. The number of benzene rings is 6. The van der Waals surface area contributed by atoms with E-state index >= 15 is 0 Å². The van der Waals surface area contributed by atoms with Crippen molar-refractivity contribution >= 4 is 11.4 Å². The van der Waals surface area contributed by atoms with E-state index in [2.05, 4.69) is 114 Å². The van der Waals surface area contributed by atoms with Crippen molar-refractivity contribution in [3.05, 3.63) is 144 Å². The van der Waals surface area contributed by atoms with E-state index in [1.807, 2.05) is 48.5 Å². The smallest absolute Gasteiger partial charge is 0.131 e. The summed E-state index contributed by atoms with van der Waals surface area (Å²) in [6, 6.07) is 41.8. The van der Waals surface area contributed by atoms with E-state index in [4.69, 9.17) is 20.9 Å². The molecule has 1 aliphatic carbocycles. The molecule has 246 valence electrons. The fourth-order valence-corrected chi connectivity index (χ4v) is 6.92. The molecule has 4 N–H and O–H groups in total. The van der Waals surface area contributed by atoms with Crippen LogP contribution in [0.15, 0.2) is 121 Å². The highest BCUT2D eigenvalue weighted by Gasteiger charge is 2.28.